The number of H-pyrrole nitrogens is 1. The van der Waals surface area contributed by atoms with Gasteiger partial charge < -0.3 is 20.3 Å². The standard InChI is InChI=1S/C16H12BrN3O4/c1-7-4-10-12(6-11(7)17)18-16(24)14(10)19-20-15(23)9-3-2-8(21)5-13(9)22/h2-6,18,21-22,24H,1H3. The quantitative estimate of drug-likeness (QED) is 0.489. The molecule has 0 aliphatic carbocycles. The molecule has 1 aromatic heterocycles. The number of aromatic hydroxyl groups is 3. The van der Waals surface area contributed by atoms with Crippen LogP contribution in [0.15, 0.2) is 45.0 Å². The molecule has 1 amide bonds. The third-order valence-corrected chi connectivity index (χ3v) is 4.34. The van der Waals surface area contributed by atoms with Gasteiger partial charge in [-0.1, -0.05) is 15.9 Å². The van der Waals surface area contributed by atoms with Gasteiger partial charge in [-0.05, 0) is 36.8 Å². The van der Waals surface area contributed by atoms with Gasteiger partial charge in [0, 0.05) is 15.9 Å². The highest BCUT2D eigenvalue weighted by molar-refractivity contribution is 9.10. The largest absolute Gasteiger partial charge is 0.508 e. The Balaban J connectivity index is 2.00. The SMILES string of the molecule is Cc1cc2c(N=NC(=O)c3ccc(O)cc3O)c(O)[nH]c2cc1Br. The molecule has 0 aliphatic heterocycles. The molecular formula is C16H12BrN3O4. The van der Waals surface area contributed by atoms with Crippen LogP contribution in [0.1, 0.15) is 15.9 Å². The number of aryl methyl sites for hydroxylation is 1. The topological polar surface area (TPSA) is 118 Å². The molecule has 7 nitrogen and oxygen atoms in total. The van der Waals surface area contributed by atoms with Crippen LogP contribution in [0, 0.1) is 6.92 Å². The minimum absolute atomic E-state index is 0.102. The van der Waals surface area contributed by atoms with Crippen molar-refractivity contribution in [3.63, 3.8) is 0 Å². The number of nitrogens with one attached hydrogen (secondary N) is 1. The number of carbonyl (C=O) groups excluding carboxylic acids is 1. The third kappa shape index (κ3) is 2.83. The van der Waals surface area contributed by atoms with Crippen LogP contribution in [-0.4, -0.2) is 26.2 Å². The highest BCUT2D eigenvalue weighted by atomic mass is 79.9. The second-order valence-electron chi connectivity index (χ2n) is 5.18. The van der Waals surface area contributed by atoms with Gasteiger partial charge in [-0.15, -0.1) is 10.2 Å². The van der Waals surface area contributed by atoms with Crippen LogP contribution in [0.4, 0.5) is 5.69 Å². The lowest BCUT2D eigenvalue weighted by molar-refractivity contribution is 0.0992. The monoisotopic (exact) mass is 389 g/mol. The summed E-state index contributed by atoms with van der Waals surface area (Å²) in [6.07, 6.45) is 0. The summed E-state index contributed by atoms with van der Waals surface area (Å²) in [4.78, 5) is 14.8. The fraction of sp³-hybridized carbons (Fsp3) is 0.0625. The van der Waals surface area contributed by atoms with Gasteiger partial charge in [-0.2, -0.15) is 0 Å². The van der Waals surface area contributed by atoms with E-state index in [1.54, 1.807) is 12.1 Å². The maximum atomic E-state index is 12.0. The van der Waals surface area contributed by atoms with Crippen LogP contribution in [0.3, 0.4) is 0 Å². The van der Waals surface area contributed by atoms with E-state index < -0.39 is 11.7 Å². The number of carbonyl (C=O) groups is 1. The zero-order valence-electron chi connectivity index (χ0n) is 12.4. The van der Waals surface area contributed by atoms with Gasteiger partial charge in [0.1, 0.15) is 11.5 Å². The van der Waals surface area contributed by atoms with Gasteiger partial charge in [-0.25, -0.2) is 0 Å². The molecule has 0 radical (unpaired) electrons. The number of phenolic OH excluding ortho intramolecular Hbond substituents is 2. The molecule has 0 fully saturated rings. The molecular weight excluding hydrogens is 378 g/mol. The maximum Gasteiger partial charge on any atom is 0.299 e. The zero-order valence-corrected chi connectivity index (χ0v) is 14.0. The summed E-state index contributed by atoms with van der Waals surface area (Å²) < 4.78 is 0.866. The average Bonchev–Trinajstić information content (AvgIpc) is 2.80. The van der Waals surface area contributed by atoms with E-state index >= 15 is 0 Å². The van der Waals surface area contributed by atoms with E-state index in [9.17, 15) is 20.1 Å². The smallest absolute Gasteiger partial charge is 0.299 e. The highest BCUT2D eigenvalue weighted by Crippen LogP contribution is 2.38. The van der Waals surface area contributed by atoms with Crippen LogP contribution in [-0.2, 0) is 0 Å². The van der Waals surface area contributed by atoms with Crippen LogP contribution in [0.5, 0.6) is 17.4 Å². The molecule has 4 N–H and O–H groups in total. The minimum atomic E-state index is -0.796. The predicted molar refractivity (Wildman–Crippen MR) is 91.0 cm³/mol. The first-order chi connectivity index (χ1) is 11.4. The summed E-state index contributed by atoms with van der Waals surface area (Å²) in [6, 6.07) is 7.12. The number of hydrogen-bond acceptors (Lipinski definition) is 5. The molecule has 0 unspecified atom stereocenters. The number of hydrogen-bond donors (Lipinski definition) is 4. The van der Waals surface area contributed by atoms with Crippen molar-refractivity contribution >= 4 is 38.4 Å². The maximum absolute atomic E-state index is 12.0. The molecule has 1 heterocycles. The molecule has 0 saturated heterocycles. The Hall–Kier alpha value is -2.87. The normalized spacial score (nSPS) is 11.4. The Bertz CT molecular complexity index is 995. The third-order valence-electron chi connectivity index (χ3n) is 3.48. The number of aromatic amines is 1. The molecule has 8 heteroatoms. The van der Waals surface area contributed by atoms with Crippen LogP contribution < -0.4 is 0 Å². The summed E-state index contributed by atoms with van der Waals surface area (Å²) in [5, 5.41) is 36.8. The molecule has 2 aromatic carbocycles. The summed E-state index contributed by atoms with van der Waals surface area (Å²) in [6.45, 7) is 1.88. The first-order valence-corrected chi connectivity index (χ1v) is 7.65. The molecule has 122 valence electrons. The van der Waals surface area contributed by atoms with Crippen LogP contribution in [0.2, 0.25) is 0 Å². The van der Waals surface area contributed by atoms with Gasteiger partial charge in [0.15, 0.2) is 5.69 Å². The van der Waals surface area contributed by atoms with E-state index in [1.807, 2.05) is 6.92 Å². The molecule has 0 bridgehead atoms. The number of fused-ring (bicyclic) bond motifs is 1. The fourth-order valence-corrected chi connectivity index (χ4v) is 2.59. The van der Waals surface area contributed by atoms with Crippen molar-refractivity contribution in [3.8, 4) is 17.4 Å². The van der Waals surface area contributed by atoms with Crippen molar-refractivity contribution in [3.05, 3.63) is 45.9 Å². The number of rotatable bonds is 2. The van der Waals surface area contributed by atoms with Crippen molar-refractivity contribution in [2.45, 2.75) is 6.92 Å². The summed E-state index contributed by atoms with van der Waals surface area (Å²) in [5.41, 5.74) is 1.60. The van der Waals surface area contributed by atoms with E-state index in [-0.39, 0.29) is 22.9 Å². The molecule has 3 aromatic rings. The molecule has 24 heavy (non-hydrogen) atoms. The van der Waals surface area contributed by atoms with E-state index in [1.165, 1.54) is 12.1 Å². The summed E-state index contributed by atoms with van der Waals surface area (Å²) >= 11 is 3.40. The van der Waals surface area contributed by atoms with Gasteiger partial charge >= 0.3 is 0 Å². The molecule has 0 spiro atoms. The second-order valence-corrected chi connectivity index (χ2v) is 6.03. The fourth-order valence-electron chi connectivity index (χ4n) is 2.25. The van der Waals surface area contributed by atoms with Crippen LogP contribution >= 0.6 is 15.9 Å². The summed E-state index contributed by atoms with van der Waals surface area (Å²) in [5.74, 6) is -1.58. The predicted octanol–water partition coefficient (Wildman–Crippen LogP) is 4.28. The second kappa shape index (κ2) is 5.97. The lowest BCUT2D eigenvalue weighted by Gasteiger charge is -2.00. The Kier molecular flexibility index (Phi) is 3.98. The van der Waals surface area contributed by atoms with Crippen LogP contribution in [0.25, 0.3) is 10.9 Å². The Morgan fingerprint density at radius 1 is 1.17 bits per heavy atom. The van der Waals surface area contributed by atoms with E-state index in [0.29, 0.717) is 10.9 Å². The van der Waals surface area contributed by atoms with Gasteiger partial charge in [0.25, 0.3) is 5.91 Å². The van der Waals surface area contributed by atoms with Crippen molar-refractivity contribution in [2.24, 2.45) is 10.2 Å². The Morgan fingerprint density at radius 3 is 2.62 bits per heavy atom. The number of benzene rings is 2. The highest BCUT2D eigenvalue weighted by Gasteiger charge is 2.15. The number of phenols is 2. The zero-order chi connectivity index (χ0) is 17.4. The summed E-state index contributed by atoms with van der Waals surface area (Å²) in [7, 11) is 0. The van der Waals surface area contributed by atoms with Crippen molar-refractivity contribution in [2.75, 3.05) is 0 Å². The first kappa shape index (κ1) is 16.0. The van der Waals surface area contributed by atoms with E-state index in [4.69, 9.17) is 0 Å². The van der Waals surface area contributed by atoms with E-state index in [2.05, 4.69) is 31.1 Å². The van der Waals surface area contributed by atoms with Gasteiger partial charge in [-0.3, -0.25) is 4.79 Å². The number of halogens is 1. The number of azo groups is 1. The van der Waals surface area contributed by atoms with Crippen molar-refractivity contribution in [1.29, 1.82) is 0 Å². The van der Waals surface area contributed by atoms with Crippen molar-refractivity contribution in [1.82, 2.24) is 4.98 Å². The lowest BCUT2D eigenvalue weighted by atomic mass is 10.1. The minimum Gasteiger partial charge on any atom is -0.508 e. The number of aromatic nitrogens is 1. The lowest BCUT2D eigenvalue weighted by Crippen LogP contribution is -1.93. The van der Waals surface area contributed by atoms with Gasteiger partial charge in [0.2, 0.25) is 5.88 Å². The first-order valence-electron chi connectivity index (χ1n) is 6.85. The average molecular weight is 390 g/mol. The molecule has 3 rings (SSSR count). The van der Waals surface area contributed by atoms with Crippen molar-refractivity contribution < 1.29 is 20.1 Å². The number of amides is 1. The molecule has 0 saturated carbocycles. The number of nitrogens with zero attached hydrogens (tertiary/aromatic N) is 2. The van der Waals surface area contributed by atoms with Gasteiger partial charge in [0.05, 0.1) is 11.1 Å². The van der Waals surface area contributed by atoms with E-state index in [0.717, 1.165) is 16.1 Å². The molecule has 0 aliphatic rings. The molecule has 0 atom stereocenters. The Labute approximate surface area is 144 Å². The Morgan fingerprint density at radius 2 is 1.92 bits per heavy atom.